The fraction of sp³-hybridized carbons (Fsp3) is 1.00. The van der Waals surface area contributed by atoms with E-state index in [1.807, 2.05) is 0 Å². The van der Waals surface area contributed by atoms with Crippen LogP contribution < -0.4 is 5.73 Å². The lowest BCUT2D eigenvalue weighted by Gasteiger charge is -2.07. The van der Waals surface area contributed by atoms with Crippen molar-refractivity contribution in [1.29, 1.82) is 0 Å². The van der Waals surface area contributed by atoms with Gasteiger partial charge in [-0.15, -0.1) is 0 Å². The van der Waals surface area contributed by atoms with Gasteiger partial charge < -0.3 is 5.73 Å². The molecule has 0 aliphatic carbocycles. The molecule has 1 nitrogen and oxygen atoms in total. The second-order valence-corrected chi connectivity index (χ2v) is 1.33. The first-order valence-corrected chi connectivity index (χ1v) is 1.77. The van der Waals surface area contributed by atoms with Gasteiger partial charge in [0.15, 0.2) is 0 Å². The third kappa shape index (κ3) is 4.26. The zero-order valence-corrected chi connectivity index (χ0v) is 5.29. The highest BCUT2D eigenvalue weighted by atomic mass is 32.1. The minimum absolute atomic E-state index is 0. The van der Waals surface area contributed by atoms with Crippen LogP contribution in [0.5, 0.6) is 0 Å². The summed E-state index contributed by atoms with van der Waals surface area (Å²) < 4.78 is 33.2. The van der Waals surface area contributed by atoms with Crippen molar-refractivity contribution in [3.05, 3.63) is 0 Å². The van der Waals surface area contributed by atoms with Gasteiger partial charge in [-0.05, 0) is 6.92 Å². The molecule has 0 aromatic rings. The topological polar surface area (TPSA) is 26.0 Å². The van der Waals surface area contributed by atoms with Gasteiger partial charge in [-0.2, -0.15) is 26.7 Å². The molecule has 0 aliphatic rings. The Labute approximate surface area is 52.5 Å². The molecular weight excluding hydrogens is 139 g/mol. The molecule has 0 saturated heterocycles. The maximum Gasteiger partial charge on any atom is 0.403 e. The fourth-order valence-corrected chi connectivity index (χ4v) is 0. The van der Waals surface area contributed by atoms with Crippen molar-refractivity contribution < 1.29 is 13.2 Å². The molecular formula is C3H8F3NS. The van der Waals surface area contributed by atoms with Crippen molar-refractivity contribution in [3.63, 3.8) is 0 Å². The zero-order valence-electron chi connectivity index (χ0n) is 4.29. The van der Waals surface area contributed by atoms with Crippen LogP contribution >= 0.6 is 13.5 Å². The Morgan fingerprint density at radius 1 is 1.38 bits per heavy atom. The molecule has 0 spiro atoms. The van der Waals surface area contributed by atoms with E-state index in [0.717, 1.165) is 6.92 Å². The summed E-state index contributed by atoms with van der Waals surface area (Å²) in [5, 5.41) is 0. The number of hydrogen-bond acceptors (Lipinski definition) is 1. The number of hydrogen-bond donors (Lipinski definition) is 1. The quantitative estimate of drug-likeness (QED) is 0.543. The number of alkyl halides is 3. The average Bonchev–Trinajstić information content (AvgIpc) is 1.31. The van der Waals surface area contributed by atoms with E-state index in [0.29, 0.717) is 0 Å². The molecule has 0 saturated carbocycles. The van der Waals surface area contributed by atoms with Crippen LogP contribution in [-0.4, -0.2) is 12.2 Å². The summed E-state index contributed by atoms with van der Waals surface area (Å²) in [6.07, 6.45) is -4.22. The summed E-state index contributed by atoms with van der Waals surface area (Å²) in [5.41, 5.74) is 4.44. The minimum Gasteiger partial charge on any atom is -0.320 e. The monoisotopic (exact) mass is 147 g/mol. The van der Waals surface area contributed by atoms with E-state index in [2.05, 4.69) is 5.73 Å². The Hall–Kier alpha value is 0.100. The normalized spacial score (nSPS) is 14.6. The van der Waals surface area contributed by atoms with Gasteiger partial charge in [0.25, 0.3) is 0 Å². The van der Waals surface area contributed by atoms with Gasteiger partial charge in [-0.3, -0.25) is 0 Å². The van der Waals surface area contributed by atoms with E-state index in [4.69, 9.17) is 0 Å². The van der Waals surface area contributed by atoms with Gasteiger partial charge in [-0.25, -0.2) is 0 Å². The molecule has 0 amide bonds. The number of nitrogens with two attached hydrogens (primary N) is 1. The molecule has 52 valence electrons. The molecule has 0 radical (unpaired) electrons. The molecule has 0 aromatic carbocycles. The van der Waals surface area contributed by atoms with Gasteiger partial charge in [-0.1, -0.05) is 0 Å². The van der Waals surface area contributed by atoms with E-state index < -0.39 is 12.2 Å². The largest absolute Gasteiger partial charge is 0.403 e. The van der Waals surface area contributed by atoms with Crippen molar-refractivity contribution >= 4 is 13.5 Å². The van der Waals surface area contributed by atoms with E-state index in [1.54, 1.807) is 0 Å². The lowest BCUT2D eigenvalue weighted by molar-refractivity contribution is -0.143. The predicted molar refractivity (Wildman–Crippen MR) is 30.1 cm³/mol. The lowest BCUT2D eigenvalue weighted by atomic mass is 10.4. The Morgan fingerprint density at radius 3 is 1.50 bits per heavy atom. The van der Waals surface area contributed by atoms with E-state index in [-0.39, 0.29) is 13.5 Å². The SMILES string of the molecule is CC(N)C(F)(F)F.S. The molecule has 5 heteroatoms. The summed E-state index contributed by atoms with van der Waals surface area (Å²) in [5.74, 6) is 0. The third-order valence-corrected chi connectivity index (χ3v) is 0.516. The molecule has 0 bridgehead atoms. The van der Waals surface area contributed by atoms with Crippen molar-refractivity contribution in [2.24, 2.45) is 5.73 Å². The molecule has 0 fully saturated rings. The standard InChI is InChI=1S/C3H6F3N.H2S/c1-2(7)3(4,5)6;/h2H,7H2,1H3;1H2. The molecule has 0 aromatic heterocycles. The Kier molecular flexibility index (Phi) is 4.38. The van der Waals surface area contributed by atoms with E-state index in [1.165, 1.54) is 0 Å². The predicted octanol–water partition coefficient (Wildman–Crippen LogP) is 1.01. The first kappa shape index (κ1) is 11.0. The summed E-state index contributed by atoms with van der Waals surface area (Å²) in [7, 11) is 0. The number of halogens is 3. The fourth-order valence-electron chi connectivity index (χ4n) is 0. The smallest absolute Gasteiger partial charge is 0.320 e. The van der Waals surface area contributed by atoms with Gasteiger partial charge in [0.05, 0.1) is 6.04 Å². The minimum atomic E-state index is -4.22. The molecule has 0 rings (SSSR count). The van der Waals surface area contributed by atoms with Crippen molar-refractivity contribution in [2.75, 3.05) is 0 Å². The third-order valence-electron chi connectivity index (χ3n) is 0.516. The van der Waals surface area contributed by atoms with Crippen LogP contribution in [0.2, 0.25) is 0 Å². The lowest BCUT2D eigenvalue weighted by Crippen LogP contribution is -2.33. The average molecular weight is 147 g/mol. The van der Waals surface area contributed by atoms with Crippen molar-refractivity contribution in [1.82, 2.24) is 0 Å². The van der Waals surface area contributed by atoms with Gasteiger partial charge in [0.1, 0.15) is 0 Å². The highest BCUT2D eigenvalue weighted by Crippen LogP contribution is 2.16. The Morgan fingerprint density at radius 2 is 1.50 bits per heavy atom. The molecule has 2 N–H and O–H groups in total. The summed E-state index contributed by atoms with van der Waals surface area (Å²) >= 11 is 0. The molecule has 1 unspecified atom stereocenters. The Bertz CT molecular complexity index is 60.0. The highest BCUT2D eigenvalue weighted by Gasteiger charge is 2.32. The van der Waals surface area contributed by atoms with Crippen LogP contribution in [0.15, 0.2) is 0 Å². The van der Waals surface area contributed by atoms with Crippen molar-refractivity contribution in [3.8, 4) is 0 Å². The Balaban J connectivity index is 0. The van der Waals surface area contributed by atoms with E-state index in [9.17, 15) is 13.2 Å². The summed E-state index contributed by atoms with van der Waals surface area (Å²) in [6.45, 7) is 0.903. The second-order valence-electron chi connectivity index (χ2n) is 1.33. The van der Waals surface area contributed by atoms with Gasteiger partial charge >= 0.3 is 6.18 Å². The van der Waals surface area contributed by atoms with Crippen LogP contribution in [0.25, 0.3) is 0 Å². The second kappa shape index (κ2) is 3.19. The first-order chi connectivity index (χ1) is 2.94. The maximum atomic E-state index is 11.1. The summed E-state index contributed by atoms with van der Waals surface area (Å²) in [4.78, 5) is 0. The van der Waals surface area contributed by atoms with Crippen LogP contribution in [-0.2, 0) is 0 Å². The zero-order chi connectivity index (χ0) is 6.08. The van der Waals surface area contributed by atoms with Gasteiger partial charge in [0.2, 0.25) is 0 Å². The van der Waals surface area contributed by atoms with Crippen LogP contribution in [0, 0.1) is 0 Å². The molecule has 0 heterocycles. The summed E-state index contributed by atoms with van der Waals surface area (Å²) in [6, 6.07) is -1.70. The van der Waals surface area contributed by atoms with Gasteiger partial charge in [0, 0.05) is 0 Å². The van der Waals surface area contributed by atoms with Crippen molar-refractivity contribution in [2.45, 2.75) is 19.1 Å². The first-order valence-electron chi connectivity index (χ1n) is 1.77. The molecule has 0 aliphatic heterocycles. The van der Waals surface area contributed by atoms with Crippen LogP contribution in [0.4, 0.5) is 13.2 Å². The van der Waals surface area contributed by atoms with E-state index >= 15 is 0 Å². The maximum absolute atomic E-state index is 11.1. The highest BCUT2D eigenvalue weighted by molar-refractivity contribution is 7.59. The van der Waals surface area contributed by atoms with Crippen LogP contribution in [0.1, 0.15) is 6.92 Å². The molecule has 1 atom stereocenters. The molecule has 8 heavy (non-hydrogen) atoms. The van der Waals surface area contributed by atoms with Crippen LogP contribution in [0.3, 0.4) is 0 Å². The number of rotatable bonds is 0.